The maximum absolute atomic E-state index is 4.62. The molecule has 122 valence electrons. The second-order valence-corrected chi connectivity index (χ2v) is 6.52. The van der Waals surface area contributed by atoms with Gasteiger partial charge in [-0.2, -0.15) is 0 Å². The minimum atomic E-state index is 0.983. The van der Waals surface area contributed by atoms with Gasteiger partial charge in [-0.05, 0) is 76.1 Å². The van der Waals surface area contributed by atoms with E-state index < -0.39 is 0 Å². The van der Waals surface area contributed by atoms with Gasteiger partial charge in [0.05, 0.1) is 5.69 Å². The molecule has 1 aromatic heterocycles. The summed E-state index contributed by atoms with van der Waals surface area (Å²) in [5.41, 5.74) is 9.68. The Labute approximate surface area is 144 Å². The zero-order chi connectivity index (χ0) is 17.3. The fourth-order valence-electron chi connectivity index (χ4n) is 2.96. The summed E-state index contributed by atoms with van der Waals surface area (Å²) in [7, 11) is 0. The Bertz CT molecular complexity index is 896. The van der Waals surface area contributed by atoms with Gasteiger partial charge >= 0.3 is 0 Å². The predicted molar refractivity (Wildman–Crippen MR) is 103 cm³/mol. The first kappa shape index (κ1) is 16.3. The maximum atomic E-state index is 4.62. The van der Waals surface area contributed by atoms with Crippen molar-refractivity contribution in [3.8, 4) is 5.69 Å². The number of aryl methyl sites for hydroxylation is 4. The highest BCUT2D eigenvalue weighted by atomic mass is 15.0. The molecule has 0 aliphatic heterocycles. The van der Waals surface area contributed by atoms with Gasteiger partial charge in [-0.1, -0.05) is 23.8 Å². The van der Waals surface area contributed by atoms with Crippen LogP contribution in [0.1, 0.15) is 33.6 Å². The quantitative estimate of drug-likeness (QED) is 0.546. The molecule has 0 aliphatic carbocycles. The minimum Gasteiger partial charge on any atom is -0.318 e. The molecule has 24 heavy (non-hydrogen) atoms. The largest absolute Gasteiger partial charge is 0.318 e. The van der Waals surface area contributed by atoms with Crippen molar-refractivity contribution in [1.29, 1.82) is 0 Å². The normalized spacial score (nSPS) is 11.4. The summed E-state index contributed by atoms with van der Waals surface area (Å²) >= 11 is 0. The summed E-state index contributed by atoms with van der Waals surface area (Å²) in [6.45, 7) is 10.7. The number of aliphatic imine (C=N–C) groups is 1. The third-order valence-corrected chi connectivity index (χ3v) is 4.61. The molecule has 0 amide bonds. The van der Waals surface area contributed by atoms with Gasteiger partial charge < -0.3 is 4.57 Å². The van der Waals surface area contributed by atoms with Gasteiger partial charge in [0.15, 0.2) is 0 Å². The molecule has 0 aliphatic rings. The molecule has 3 rings (SSSR count). The zero-order valence-electron chi connectivity index (χ0n) is 15.1. The van der Waals surface area contributed by atoms with Gasteiger partial charge in [0.25, 0.3) is 0 Å². The van der Waals surface area contributed by atoms with Gasteiger partial charge in [-0.25, -0.2) is 0 Å². The van der Waals surface area contributed by atoms with Gasteiger partial charge in [-0.15, -0.1) is 0 Å². The molecule has 0 unspecified atom stereocenters. The van der Waals surface area contributed by atoms with Crippen LogP contribution in [0.5, 0.6) is 0 Å². The number of hydrogen-bond acceptors (Lipinski definition) is 1. The first-order valence-corrected chi connectivity index (χ1v) is 8.33. The highest BCUT2D eigenvalue weighted by molar-refractivity contribution is 5.84. The van der Waals surface area contributed by atoms with Crippen molar-refractivity contribution in [1.82, 2.24) is 4.57 Å². The molecular formula is C22H24N2. The predicted octanol–water partition coefficient (Wildman–Crippen LogP) is 5.77. The summed E-state index contributed by atoms with van der Waals surface area (Å²) in [5, 5.41) is 0. The molecule has 0 atom stereocenters. The molecular weight excluding hydrogens is 292 g/mol. The number of nitrogens with zero attached hydrogens (tertiary/aromatic N) is 2. The van der Waals surface area contributed by atoms with E-state index in [2.05, 4.69) is 80.6 Å². The van der Waals surface area contributed by atoms with E-state index >= 15 is 0 Å². The van der Waals surface area contributed by atoms with Crippen LogP contribution < -0.4 is 0 Å². The molecule has 0 bridgehead atoms. The van der Waals surface area contributed by atoms with Gasteiger partial charge in [-0.3, -0.25) is 4.99 Å². The molecule has 0 fully saturated rings. The smallest absolute Gasteiger partial charge is 0.0630 e. The van der Waals surface area contributed by atoms with Crippen LogP contribution in [-0.2, 0) is 0 Å². The van der Waals surface area contributed by atoms with E-state index in [0.29, 0.717) is 0 Å². The lowest BCUT2D eigenvalue weighted by molar-refractivity contribution is 0.961. The summed E-state index contributed by atoms with van der Waals surface area (Å²) in [5.74, 6) is 0. The molecule has 0 N–H and O–H groups in total. The first-order chi connectivity index (χ1) is 11.5. The molecule has 2 aromatic carbocycles. The highest BCUT2D eigenvalue weighted by Crippen LogP contribution is 2.22. The number of hydrogen-bond donors (Lipinski definition) is 0. The van der Waals surface area contributed by atoms with Crippen molar-refractivity contribution >= 4 is 11.9 Å². The van der Waals surface area contributed by atoms with E-state index in [4.69, 9.17) is 0 Å². The van der Waals surface area contributed by atoms with Crippen LogP contribution in [0.3, 0.4) is 0 Å². The zero-order valence-corrected chi connectivity index (χ0v) is 15.1. The van der Waals surface area contributed by atoms with Crippen LogP contribution in [0.25, 0.3) is 5.69 Å². The lowest BCUT2D eigenvalue weighted by atomic mass is 10.1. The van der Waals surface area contributed by atoms with Crippen LogP contribution in [0.15, 0.2) is 53.5 Å². The summed E-state index contributed by atoms with van der Waals surface area (Å²) in [6, 6.07) is 17.1. The number of rotatable bonds is 3. The van der Waals surface area contributed by atoms with Crippen LogP contribution in [0, 0.1) is 34.6 Å². The van der Waals surface area contributed by atoms with Crippen molar-refractivity contribution in [3.63, 3.8) is 0 Å². The Morgan fingerprint density at radius 3 is 2.17 bits per heavy atom. The van der Waals surface area contributed by atoms with Crippen LogP contribution in [0.2, 0.25) is 0 Å². The Morgan fingerprint density at radius 1 is 0.792 bits per heavy atom. The summed E-state index contributed by atoms with van der Waals surface area (Å²) in [6.07, 6.45) is 1.96. The molecule has 3 aromatic rings. The van der Waals surface area contributed by atoms with Crippen molar-refractivity contribution in [3.05, 3.63) is 82.2 Å². The number of aromatic nitrogens is 1. The lowest BCUT2D eigenvalue weighted by Gasteiger charge is -2.11. The first-order valence-electron chi connectivity index (χ1n) is 8.33. The highest BCUT2D eigenvalue weighted by Gasteiger charge is 2.10. The maximum Gasteiger partial charge on any atom is 0.0630 e. The molecule has 1 heterocycles. The summed E-state index contributed by atoms with van der Waals surface area (Å²) < 4.78 is 2.29. The fourth-order valence-corrected chi connectivity index (χ4v) is 2.96. The third kappa shape index (κ3) is 3.18. The molecule has 0 saturated carbocycles. The van der Waals surface area contributed by atoms with Gasteiger partial charge in [0.2, 0.25) is 0 Å². The van der Waals surface area contributed by atoms with Gasteiger partial charge in [0.1, 0.15) is 0 Å². The number of benzene rings is 2. The second kappa shape index (κ2) is 6.48. The standard InChI is InChI=1S/C22H24N2/c1-15-6-9-21(10-7-15)23-14-20-13-18(4)24(19(20)5)22-11-8-16(2)17(3)12-22/h6-14H,1-5H3. The second-order valence-electron chi connectivity index (χ2n) is 6.52. The fraction of sp³-hybridized carbons (Fsp3) is 0.227. The third-order valence-electron chi connectivity index (χ3n) is 4.61. The van der Waals surface area contributed by atoms with E-state index in [1.54, 1.807) is 0 Å². The van der Waals surface area contributed by atoms with E-state index in [1.165, 1.54) is 33.8 Å². The molecule has 2 nitrogen and oxygen atoms in total. The van der Waals surface area contributed by atoms with Gasteiger partial charge in [0, 0.05) is 28.9 Å². The van der Waals surface area contributed by atoms with E-state index in [-0.39, 0.29) is 0 Å². The average molecular weight is 316 g/mol. The molecule has 2 heteroatoms. The van der Waals surface area contributed by atoms with Crippen LogP contribution in [-0.4, -0.2) is 10.8 Å². The lowest BCUT2D eigenvalue weighted by Crippen LogP contribution is -2.00. The summed E-state index contributed by atoms with van der Waals surface area (Å²) in [4.78, 5) is 4.62. The Morgan fingerprint density at radius 2 is 1.50 bits per heavy atom. The van der Waals surface area contributed by atoms with E-state index in [1.807, 2.05) is 18.3 Å². The monoisotopic (exact) mass is 316 g/mol. The van der Waals surface area contributed by atoms with Crippen molar-refractivity contribution in [2.75, 3.05) is 0 Å². The van der Waals surface area contributed by atoms with Crippen LogP contribution in [0.4, 0.5) is 5.69 Å². The Balaban J connectivity index is 1.97. The Kier molecular flexibility index (Phi) is 4.39. The van der Waals surface area contributed by atoms with Crippen molar-refractivity contribution in [2.45, 2.75) is 34.6 Å². The minimum absolute atomic E-state index is 0.983. The molecule has 0 spiro atoms. The van der Waals surface area contributed by atoms with Crippen LogP contribution >= 0.6 is 0 Å². The Hall–Kier alpha value is -2.61. The van der Waals surface area contributed by atoms with E-state index in [9.17, 15) is 0 Å². The van der Waals surface area contributed by atoms with Crippen molar-refractivity contribution in [2.24, 2.45) is 4.99 Å². The molecule has 0 radical (unpaired) electrons. The SMILES string of the molecule is Cc1ccc(N=Cc2cc(C)n(-c3ccc(C)c(C)c3)c2C)cc1. The average Bonchev–Trinajstić information content (AvgIpc) is 2.84. The topological polar surface area (TPSA) is 17.3 Å². The van der Waals surface area contributed by atoms with Crippen molar-refractivity contribution < 1.29 is 0 Å². The molecule has 0 saturated heterocycles. The van der Waals surface area contributed by atoms with E-state index in [0.717, 1.165) is 11.3 Å².